The van der Waals surface area contributed by atoms with E-state index in [0.29, 0.717) is 0 Å². The van der Waals surface area contributed by atoms with E-state index in [1.807, 2.05) is 0 Å². The maximum atomic E-state index is 12.0. The monoisotopic (exact) mass is 214 g/mol. The first-order valence-corrected chi connectivity index (χ1v) is 4.41. The summed E-state index contributed by atoms with van der Waals surface area (Å²) in [4.78, 5) is 0. The van der Waals surface area contributed by atoms with Crippen LogP contribution in [-0.4, -0.2) is 30.1 Å². The standard InChI is InChI=1S/C9H17F3O2/c1-6(9(10,11)12)14-5-7(13)8(2,3)4/h6-7,13H,5H2,1-4H3. The fourth-order valence-corrected chi connectivity index (χ4v) is 0.580. The molecule has 2 nitrogen and oxygen atoms in total. The normalized spacial score (nSPS) is 18.0. The lowest BCUT2D eigenvalue weighted by atomic mass is 9.90. The largest absolute Gasteiger partial charge is 0.414 e. The minimum atomic E-state index is -4.36. The Morgan fingerprint density at radius 1 is 1.21 bits per heavy atom. The molecule has 0 aliphatic rings. The predicted molar refractivity (Wildman–Crippen MR) is 46.9 cm³/mol. The second kappa shape index (κ2) is 4.49. The SMILES string of the molecule is CC(OCC(O)C(C)(C)C)C(F)(F)F. The molecule has 0 aromatic rings. The number of ether oxygens (including phenoxy) is 1. The number of alkyl halides is 3. The van der Waals surface area contributed by atoms with Gasteiger partial charge in [-0.2, -0.15) is 13.2 Å². The number of aliphatic hydroxyl groups is 1. The Morgan fingerprint density at radius 3 is 1.93 bits per heavy atom. The van der Waals surface area contributed by atoms with E-state index in [-0.39, 0.29) is 6.61 Å². The topological polar surface area (TPSA) is 29.5 Å². The average molecular weight is 214 g/mol. The molecule has 0 saturated carbocycles. The first-order valence-electron chi connectivity index (χ1n) is 4.41. The zero-order valence-electron chi connectivity index (χ0n) is 8.85. The van der Waals surface area contributed by atoms with Gasteiger partial charge in [0, 0.05) is 0 Å². The first-order chi connectivity index (χ1) is 6.05. The van der Waals surface area contributed by atoms with Crippen LogP contribution < -0.4 is 0 Å². The molecular formula is C9H17F3O2. The molecule has 0 radical (unpaired) electrons. The predicted octanol–water partition coefficient (Wildman–Crippen LogP) is 2.36. The Balaban J connectivity index is 3.96. The molecule has 0 bridgehead atoms. The van der Waals surface area contributed by atoms with Crippen LogP contribution in [0, 0.1) is 5.41 Å². The lowest BCUT2D eigenvalue weighted by Crippen LogP contribution is -2.36. The second-order valence-corrected chi connectivity index (χ2v) is 4.40. The molecule has 0 aromatic heterocycles. The summed E-state index contributed by atoms with van der Waals surface area (Å²) in [5.41, 5.74) is -0.467. The van der Waals surface area contributed by atoms with E-state index in [1.54, 1.807) is 20.8 Å². The van der Waals surface area contributed by atoms with Gasteiger partial charge in [-0.3, -0.25) is 0 Å². The van der Waals surface area contributed by atoms with Gasteiger partial charge in [0.05, 0.1) is 12.7 Å². The Morgan fingerprint density at radius 2 is 1.64 bits per heavy atom. The highest BCUT2D eigenvalue weighted by atomic mass is 19.4. The molecular weight excluding hydrogens is 197 g/mol. The summed E-state index contributed by atoms with van der Waals surface area (Å²) < 4.78 is 40.5. The van der Waals surface area contributed by atoms with Crippen LogP contribution in [0.3, 0.4) is 0 Å². The van der Waals surface area contributed by atoms with Crippen LogP contribution in [0.15, 0.2) is 0 Å². The molecule has 1 N–H and O–H groups in total. The van der Waals surface area contributed by atoms with E-state index in [9.17, 15) is 18.3 Å². The molecule has 0 amide bonds. The van der Waals surface area contributed by atoms with Crippen LogP contribution in [-0.2, 0) is 4.74 Å². The number of hydrogen-bond acceptors (Lipinski definition) is 2. The highest BCUT2D eigenvalue weighted by Crippen LogP contribution is 2.24. The van der Waals surface area contributed by atoms with Crippen LogP contribution in [0.4, 0.5) is 13.2 Å². The van der Waals surface area contributed by atoms with Gasteiger partial charge < -0.3 is 9.84 Å². The van der Waals surface area contributed by atoms with Crippen molar-refractivity contribution in [1.82, 2.24) is 0 Å². The summed E-state index contributed by atoms with van der Waals surface area (Å²) in [6, 6.07) is 0. The maximum Gasteiger partial charge on any atom is 0.414 e. The van der Waals surface area contributed by atoms with Crippen molar-refractivity contribution in [3.63, 3.8) is 0 Å². The summed E-state index contributed by atoms with van der Waals surface area (Å²) in [6.45, 7) is 5.83. The summed E-state index contributed by atoms with van der Waals surface area (Å²) in [7, 11) is 0. The molecule has 0 rings (SSSR count). The van der Waals surface area contributed by atoms with Gasteiger partial charge in [-0.1, -0.05) is 20.8 Å². The summed E-state index contributed by atoms with van der Waals surface area (Å²) in [5.74, 6) is 0. The molecule has 5 heteroatoms. The summed E-state index contributed by atoms with van der Waals surface area (Å²) in [5, 5.41) is 9.41. The van der Waals surface area contributed by atoms with E-state index >= 15 is 0 Å². The van der Waals surface area contributed by atoms with E-state index in [1.165, 1.54) is 0 Å². The second-order valence-electron chi connectivity index (χ2n) is 4.40. The van der Waals surface area contributed by atoms with Gasteiger partial charge in [0.15, 0.2) is 6.10 Å². The van der Waals surface area contributed by atoms with Gasteiger partial charge in [0.25, 0.3) is 0 Å². The van der Waals surface area contributed by atoms with Crippen molar-refractivity contribution in [3.05, 3.63) is 0 Å². The summed E-state index contributed by atoms with van der Waals surface area (Å²) >= 11 is 0. The van der Waals surface area contributed by atoms with Crippen molar-refractivity contribution in [2.24, 2.45) is 5.41 Å². The van der Waals surface area contributed by atoms with Crippen molar-refractivity contribution in [3.8, 4) is 0 Å². The first kappa shape index (κ1) is 13.7. The smallest absolute Gasteiger partial charge is 0.390 e. The van der Waals surface area contributed by atoms with Gasteiger partial charge >= 0.3 is 6.18 Å². The third kappa shape index (κ3) is 4.81. The molecule has 0 spiro atoms. The van der Waals surface area contributed by atoms with E-state index < -0.39 is 23.8 Å². The highest BCUT2D eigenvalue weighted by Gasteiger charge is 2.37. The Kier molecular flexibility index (Phi) is 4.39. The average Bonchev–Trinajstić information content (AvgIpc) is 1.95. The van der Waals surface area contributed by atoms with E-state index in [2.05, 4.69) is 4.74 Å². The van der Waals surface area contributed by atoms with Crippen molar-refractivity contribution in [2.75, 3.05) is 6.61 Å². The molecule has 0 heterocycles. The zero-order valence-corrected chi connectivity index (χ0v) is 8.85. The molecule has 2 unspecified atom stereocenters. The minimum Gasteiger partial charge on any atom is -0.390 e. The maximum absolute atomic E-state index is 12.0. The fraction of sp³-hybridized carbons (Fsp3) is 1.00. The van der Waals surface area contributed by atoms with Gasteiger partial charge in [-0.15, -0.1) is 0 Å². The highest BCUT2D eigenvalue weighted by molar-refractivity contribution is 4.73. The Labute approximate surface area is 82.1 Å². The van der Waals surface area contributed by atoms with Crippen molar-refractivity contribution in [2.45, 2.75) is 46.1 Å². The van der Waals surface area contributed by atoms with Crippen molar-refractivity contribution in [1.29, 1.82) is 0 Å². The molecule has 86 valence electrons. The van der Waals surface area contributed by atoms with Gasteiger partial charge in [0.2, 0.25) is 0 Å². The molecule has 0 aliphatic heterocycles. The van der Waals surface area contributed by atoms with E-state index in [4.69, 9.17) is 0 Å². The van der Waals surface area contributed by atoms with Crippen LogP contribution in [0.1, 0.15) is 27.7 Å². The third-order valence-electron chi connectivity index (χ3n) is 1.96. The van der Waals surface area contributed by atoms with E-state index in [0.717, 1.165) is 6.92 Å². The Hall–Kier alpha value is -0.290. The number of halogens is 3. The van der Waals surface area contributed by atoms with Crippen LogP contribution in [0.5, 0.6) is 0 Å². The molecule has 0 aliphatic carbocycles. The third-order valence-corrected chi connectivity index (χ3v) is 1.96. The van der Waals surface area contributed by atoms with Gasteiger partial charge in [-0.25, -0.2) is 0 Å². The zero-order chi connectivity index (χ0) is 11.6. The number of hydrogen-bond donors (Lipinski definition) is 1. The van der Waals surface area contributed by atoms with Crippen molar-refractivity contribution < 1.29 is 23.0 Å². The van der Waals surface area contributed by atoms with Crippen LogP contribution >= 0.6 is 0 Å². The van der Waals surface area contributed by atoms with Gasteiger partial charge in [0.1, 0.15) is 0 Å². The number of rotatable bonds is 3. The number of aliphatic hydroxyl groups excluding tert-OH is 1. The summed E-state index contributed by atoms with van der Waals surface area (Å²) in [6.07, 6.45) is -7.09. The van der Waals surface area contributed by atoms with Gasteiger partial charge in [-0.05, 0) is 12.3 Å². The lowest BCUT2D eigenvalue weighted by Gasteiger charge is -2.27. The van der Waals surface area contributed by atoms with Crippen LogP contribution in [0.25, 0.3) is 0 Å². The molecule has 0 aromatic carbocycles. The van der Waals surface area contributed by atoms with Crippen LogP contribution in [0.2, 0.25) is 0 Å². The fourth-order valence-electron chi connectivity index (χ4n) is 0.580. The van der Waals surface area contributed by atoms with Crippen molar-refractivity contribution >= 4 is 0 Å². The molecule has 0 saturated heterocycles. The Bertz CT molecular complexity index is 152. The minimum absolute atomic E-state index is 0.301. The lowest BCUT2D eigenvalue weighted by molar-refractivity contribution is -0.222. The molecule has 14 heavy (non-hydrogen) atoms. The quantitative estimate of drug-likeness (QED) is 0.781. The molecule has 2 atom stereocenters. The molecule has 0 fully saturated rings.